The molecule has 0 saturated carbocycles. The number of nitrogens with one attached hydrogen (secondary N) is 2. The summed E-state index contributed by atoms with van der Waals surface area (Å²) in [5.74, 6) is 1.67. The molecule has 7 nitrogen and oxygen atoms in total. The van der Waals surface area contributed by atoms with E-state index >= 15 is 0 Å². The van der Waals surface area contributed by atoms with Crippen LogP contribution in [-0.2, 0) is 6.42 Å². The van der Waals surface area contributed by atoms with Crippen LogP contribution in [0.2, 0.25) is 0 Å². The molecule has 4 rings (SSSR count). The molecule has 0 spiro atoms. The number of hydrogen-bond donors (Lipinski definition) is 3. The fraction of sp³-hybridized carbons (Fsp3) is 0.316. The Hall–Kier alpha value is -3.09. The van der Waals surface area contributed by atoms with E-state index in [-0.39, 0.29) is 0 Å². The van der Waals surface area contributed by atoms with E-state index in [0.29, 0.717) is 23.1 Å². The Morgan fingerprint density at radius 3 is 2.88 bits per heavy atom. The second-order valence-corrected chi connectivity index (χ2v) is 6.58. The van der Waals surface area contributed by atoms with E-state index in [4.69, 9.17) is 5.73 Å². The van der Waals surface area contributed by atoms with Crippen molar-refractivity contribution in [2.24, 2.45) is 0 Å². The van der Waals surface area contributed by atoms with E-state index in [0.717, 1.165) is 30.8 Å². The van der Waals surface area contributed by atoms with Crippen LogP contribution >= 0.6 is 0 Å². The number of nitrogens with zero attached hydrogens (tertiary/aromatic N) is 4. The quantitative estimate of drug-likeness (QED) is 0.669. The minimum absolute atomic E-state index is 0.404. The summed E-state index contributed by atoms with van der Waals surface area (Å²) in [6.45, 7) is 6.23. The number of benzene rings is 1. The first kappa shape index (κ1) is 16.4. The number of fused-ring (bicyclic) bond motifs is 1. The largest absolute Gasteiger partial charge is 0.382 e. The van der Waals surface area contributed by atoms with Crippen molar-refractivity contribution >= 4 is 23.1 Å². The van der Waals surface area contributed by atoms with Crippen molar-refractivity contribution in [2.45, 2.75) is 26.7 Å². The van der Waals surface area contributed by atoms with Crippen LogP contribution in [0.3, 0.4) is 0 Å². The van der Waals surface area contributed by atoms with Crippen molar-refractivity contribution in [1.29, 1.82) is 0 Å². The molecule has 0 fully saturated rings. The van der Waals surface area contributed by atoms with Gasteiger partial charge in [-0.2, -0.15) is 5.10 Å². The number of rotatable bonds is 4. The van der Waals surface area contributed by atoms with Gasteiger partial charge in [0.25, 0.3) is 0 Å². The minimum Gasteiger partial charge on any atom is -0.382 e. The topological polar surface area (TPSA) is 95.8 Å². The number of anilines is 4. The summed E-state index contributed by atoms with van der Waals surface area (Å²) in [5.41, 5.74) is 11.5. The average Bonchev–Trinajstić information content (AvgIpc) is 3.05. The van der Waals surface area contributed by atoms with Gasteiger partial charge in [-0.05, 0) is 38.3 Å². The van der Waals surface area contributed by atoms with Crippen LogP contribution < -0.4 is 16.0 Å². The number of aromatic amines is 1. The van der Waals surface area contributed by atoms with Crippen LogP contribution in [0.4, 0.5) is 23.1 Å². The number of H-pyrrole nitrogens is 1. The SMILES string of the molecule is CCN1CCCc2ccc(-c3ncc(Nc4cc(C)[nH]n4)nc3N)cc21. The molecule has 26 heavy (non-hydrogen) atoms. The van der Waals surface area contributed by atoms with Crippen LogP contribution in [-0.4, -0.2) is 33.3 Å². The summed E-state index contributed by atoms with van der Waals surface area (Å²) in [5, 5.41) is 10.1. The molecule has 0 unspecified atom stereocenters. The van der Waals surface area contributed by atoms with Crippen molar-refractivity contribution in [2.75, 3.05) is 29.0 Å². The van der Waals surface area contributed by atoms with Gasteiger partial charge in [-0.3, -0.25) is 5.10 Å². The molecule has 0 bridgehead atoms. The molecule has 0 saturated heterocycles. The highest BCUT2D eigenvalue weighted by atomic mass is 15.2. The predicted molar refractivity (Wildman–Crippen MR) is 105 cm³/mol. The fourth-order valence-electron chi connectivity index (χ4n) is 3.43. The Kier molecular flexibility index (Phi) is 4.20. The standard InChI is InChI=1S/C19H23N7/c1-3-26-8-4-5-13-6-7-14(10-15(13)26)18-19(20)23-17(11-21-18)22-16-9-12(2)24-25-16/h6-7,9-11H,3-5,8H2,1-2H3,(H4,20,22,23,24,25). The van der Waals surface area contributed by atoms with Gasteiger partial charge in [0.1, 0.15) is 5.69 Å². The van der Waals surface area contributed by atoms with Gasteiger partial charge < -0.3 is 16.0 Å². The van der Waals surface area contributed by atoms with Gasteiger partial charge in [-0.25, -0.2) is 9.97 Å². The normalized spacial score (nSPS) is 13.5. The van der Waals surface area contributed by atoms with Crippen LogP contribution in [0.15, 0.2) is 30.5 Å². The zero-order valence-electron chi connectivity index (χ0n) is 15.1. The first-order valence-corrected chi connectivity index (χ1v) is 8.94. The minimum atomic E-state index is 0.404. The van der Waals surface area contributed by atoms with E-state index in [1.54, 1.807) is 6.20 Å². The Labute approximate surface area is 152 Å². The van der Waals surface area contributed by atoms with Gasteiger partial charge in [-0.1, -0.05) is 12.1 Å². The van der Waals surface area contributed by atoms with Crippen LogP contribution in [0, 0.1) is 6.92 Å². The number of aryl methyl sites for hydroxylation is 2. The molecular formula is C19H23N7. The third-order valence-electron chi connectivity index (χ3n) is 4.72. The maximum absolute atomic E-state index is 6.20. The Bertz CT molecular complexity index is 931. The molecule has 0 aliphatic carbocycles. The van der Waals surface area contributed by atoms with Crippen LogP contribution in [0.25, 0.3) is 11.3 Å². The molecule has 134 valence electrons. The summed E-state index contributed by atoms with van der Waals surface area (Å²) in [7, 11) is 0. The molecule has 0 amide bonds. The lowest BCUT2D eigenvalue weighted by molar-refractivity contribution is 0.708. The second-order valence-electron chi connectivity index (χ2n) is 6.58. The van der Waals surface area contributed by atoms with Gasteiger partial charge in [0.05, 0.1) is 6.20 Å². The predicted octanol–water partition coefficient (Wildman–Crippen LogP) is 3.27. The first-order chi connectivity index (χ1) is 12.6. The highest BCUT2D eigenvalue weighted by molar-refractivity contribution is 5.76. The third-order valence-corrected chi connectivity index (χ3v) is 4.72. The summed E-state index contributed by atoms with van der Waals surface area (Å²) in [6, 6.07) is 8.35. The zero-order chi connectivity index (χ0) is 18.1. The van der Waals surface area contributed by atoms with Crippen molar-refractivity contribution in [3.05, 3.63) is 41.7 Å². The molecule has 1 aliphatic rings. The van der Waals surface area contributed by atoms with Gasteiger partial charge >= 0.3 is 0 Å². The number of nitrogen functional groups attached to an aromatic ring is 1. The lowest BCUT2D eigenvalue weighted by atomic mass is 9.98. The molecular weight excluding hydrogens is 326 g/mol. The monoisotopic (exact) mass is 349 g/mol. The Balaban J connectivity index is 1.64. The van der Waals surface area contributed by atoms with E-state index in [1.165, 1.54) is 17.7 Å². The number of nitrogens with two attached hydrogens (primary N) is 1. The van der Waals surface area contributed by atoms with Crippen molar-refractivity contribution in [3.63, 3.8) is 0 Å². The molecule has 0 atom stereocenters. The van der Waals surface area contributed by atoms with Gasteiger partial charge in [0.15, 0.2) is 17.5 Å². The molecule has 3 aromatic rings. The lowest BCUT2D eigenvalue weighted by Gasteiger charge is -2.30. The lowest BCUT2D eigenvalue weighted by Crippen LogP contribution is -2.28. The number of hydrogen-bond acceptors (Lipinski definition) is 6. The van der Waals surface area contributed by atoms with Crippen molar-refractivity contribution in [3.8, 4) is 11.3 Å². The fourth-order valence-corrected chi connectivity index (χ4v) is 3.43. The third kappa shape index (κ3) is 3.08. The Morgan fingerprint density at radius 1 is 1.27 bits per heavy atom. The molecule has 2 aromatic heterocycles. The van der Waals surface area contributed by atoms with Gasteiger partial charge in [0.2, 0.25) is 0 Å². The average molecular weight is 349 g/mol. The second kappa shape index (κ2) is 6.67. The number of aromatic nitrogens is 4. The van der Waals surface area contributed by atoms with E-state index in [1.807, 2.05) is 13.0 Å². The summed E-state index contributed by atoms with van der Waals surface area (Å²) >= 11 is 0. The highest BCUT2D eigenvalue weighted by Gasteiger charge is 2.17. The molecule has 0 radical (unpaired) electrons. The summed E-state index contributed by atoms with van der Waals surface area (Å²) in [6.07, 6.45) is 4.01. The maximum Gasteiger partial charge on any atom is 0.153 e. The molecule has 1 aliphatic heterocycles. The summed E-state index contributed by atoms with van der Waals surface area (Å²) in [4.78, 5) is 11.4. The van der Waals surface area contributed by atoms with Crippen molar-refractivity contribution in [1.82, 2.24) is 20.2 Å². The molecule has 7 heteroatoms. The zero-order valence-corrected chi connectivity index (χ0v) is 15.1. The Morgan fingerprint density at radius 2 is 2.15 bits per heavy atom. The molecule has 4 N–H and O–H groups in total. The summed E-state index contributed by atoms with van der Waals surface area (Å²) < 4.78 is 0. The van der Waals surface area contributed by atoms with Crippen molar-refractivity contribution < 1.29 is 0 Å². The van der Waals surface area contributed by atoms with E-state index in [9.17, 15) is 0 Å². The van der Waals surface area contributed by atoms with E-state index in [2.05, 4.69) is 55.5 Å². The van der Waals surface area contributed by atoms with E-state index < -0.39 is 0 Å². The first-order valence-electron chi connectivity index (χ1n) is 8.94. The molecule has 1 aromatic carbocycles. The molecule has 3 heterocycles. The maximum atomic E-state index is 6.20. The van der Waals surface area contributed by atoms with Crippen LogP contribution in [0.1, 0.15) is 24.6 Å². The smallest absolute Gasteiger partial charge is 0.153 e. The highest BCUT2D eigenvalue weighted by Crippen LogP contribution is 2.33. The van der Waals surface area contributed by atoms with Gasteiger partial charge in [0, 0.05) is 36.1 Å². The van der Waals surface area contributed by atoms with Crippen LogP contribution in [0.5, 0.6) is 0 Å². The van der Waals surface area contributed by atoms with Gasteiger partial charge in [-0.15, -0.1) is 0 Å².